The molecular weight excluding hydrogens is 436 g/mol. The Balaban J connectivity index is 1.68. The third-order valence-corrected chi connectivity index (χ3v) is 5.91. The molecule has 0 unspecified atom stereocenters. The number of rotatable bonds is 10. The Kier molecular flexibility index (Phi) is 8.86. The summed E-state index contributed by atoms with van der Waals surface area (Å²) in [6, 6.07) is 9.46. The predicted molar refractivity (Wildman–Crippen MR) is 132 cm³/mol. The predicted octanol–water partition coefficient (Wildman–Crippen LogP) is 4.99. The average molecular weight is 465 g/mol. The molecule has 2 heterocycles. The third kappa shape index (κ3) is 6.57. The summed E-state index contributed by atoms with van der Waals surface area (Å²) in [6.45, 7) is 3.83. The van der Waals surface area contributed by atoms with Crippen molar-refractivity contribution in [3.63, 3.8) is 0 Å². The van der Waals surface area contributed by atoms with Gasteiger partial charge in [0.1, 0.15) is 10.8 Å². The molecule has 33 heavy (non-hydrogen) atoms. The van der Waals surface area contributed by atoms with Crippen molar-refractivity contribution < 1.29 is 14.6 Å². The van der Waals surface area contributed by atoms with E-state index in [0.717, 1.165) is 46.7 Å². The lowest BCUT2D eigenvalue weighted by Gasteiger charge is -2.13. The number of aromatic nitrogens is 3. The van der Waals surface area contributed by atoms with Crippen molar-refractivity contribution in [2.75, 3.05) is 19.0 Å². The molecule has 7 nitrogen and oxygen atoms in total. The monoisotopic (exact) mass is 464 g/mol. The Hall–Kier alpha value is -3.36. The first-order chi connectivity index (χ1) is 16.0. The first-order valence-corrected chi connectivity index (χ1v) is 11.5. The van der Waals surface area contributed by atoms with Gasteiger partial charge in [0, 0.05) is 29.4 Å². The van der Waals surface area contributed by atoms with Gasteiger partial charge in [0.15, 0.2) is 0 Å². The molecule has 0 aliphatic rings. The molecule has 2 aromatic heterocycles. The molecule has 2 N–H and O–H groups in total. The number of unbranched alkanes of at least 4 members (excludes halogenated alkanes) is 1. The molecule has 8 heteroatoms. The number of aryl methyl sites for hydroxylation is 2. The van der Waals surface area contributed by atoms with Crippen LogP contribution in [-0.4, -0.2) is 39.9 Å². The number of allylic oxidation sites excluding steroid dienone is 2. The van der Waals surface area contributed by atoms with E-state index >= 15 is 0 Å². The molecule has 3 rings (SSSR count). The summed E-state index contributed by atoms with van der Waals surface area (Å²) in [5.74, 6) is 0.391. The maximum Gasteiger partial charge on any atom is 0.259 e. The van der Waals surface area contributed by atoms with Gasteiger partial charge in [-0.1, -0.05) is 47.8 Å². The first kappa shape index (κ1) is 24.3. The normalized spacial score (nSPS) is 11.7. The summed E-state index contributed by atoms with van der Waals surface area (Å²) in [6.07, 6.45) is 9.98. The molecule has 0 saturated heterocycles. The first-order valence-electron chi connectivity index (χ1n) is 10.7. The fourth-order valence-corrected chi connectivity index (χ4v) is 4.02. The highest BCUT2D eigenvalue weighted by molar-refractivity contribution is 7.15. The molecule has 0 atom stereocenters. The lowest BCUT2D eigenvalue weighted by atomic mass is 9.99. The van der Waals surface area contributed by atoms with E-state index in [1.54, 1.807) is 13.3 Å². The second kappa shape index (κ2) is 12.0. The van der Waals surface area contributed by atoms with E-state index in [2.05, 4.69) is 20.5 Å². The third-order valence-electron chi connectivity index (χ3n) is 5.02. The van der Waals surface area contributed by atoms with Gasteiger partial charge in [0.05, 0.1) is 19.3 Å². The van der Waals surface area contributed by atoms with Gasteiger partial charge < -0.3 is 9.84 Å². The minimum absolute atomic E-state index is 0.0434. The Morgan fingerprint density at radius 2 is 2.06 bits per heavy atom. The van der Waals surface area contributed by atoms with Crippen molar-refractivity contribution in [1.82, 2.24) is 15.2 Å². The number of aliphatic hydroxyl groups excluding tert-OH is 1. The van der Waals surface area contributed by atoms with Gasteiger partial charge in [0.25, 0.3) is 5.91 Å². The van der Waals surface area contributed by atoms with Gasteiger partial charge in [-0.15, -0.1) is 10.2 Å². The summed E-state index contributed by atoms with van der Waals surface area (Å²) in [5.41, 5.74) is 3.71. The number of ether oxygens (including phenoxy) is 1. The number of anilines is 1. The minimum Gasteiger partial charge on any atom is -0.496 e. The number of aliphatic hydroxyl groups is 1. The molecule has 0 aliphatic carbocycles. The van der Waals surface area contributed by atoms with Gasteiger partial charge >= 0.3 is 0 Å². The fourth-order valence-electron chi connectivity index (χ4n) is 3.25. The Morgan fingerprint density at radius 3 is 2.82 bits per heavy atom. The van der Waals surface area contributed by atoms with Gasteiger partial charge in [0.2, 0.25) is 5.13 Å². The average Bonchev–Trinajstić information content (AvgIpc) is 3.28. The number of benzene rings is 1. The number of nitrogens with zero attached hydrogens (tertiary/aromatic N) is 3. The molecule has 0 bridgehead atoms. The number of carbonyl (C=O) groups is 1. The molecule has 0 radical (unpaired) electrons. The summed E-state index contributed by atoms with van der Waals surface area (Å²) in [5, 5.41) is 21.6. The van der Waals surface area contributed by atoms with Crippen LogP contribution in [0, 0.1) is 6.92 Å². The van der Waals surface area contributed by atoms with E-state index in [0.29, 0.717) is 16.4 Å². The smallest absolute Gasteiger partial charge is 0.259 e. The number of hydrogen-bond acceptors (Lipinski definition) is 7. The fraction of sp³-hybridized carbons (Fsp3) is 0.280. The van der Waals surface area contributed by atoms with Crippen LogP contribution in [0.1, 0.15) is 40.8 Å². The van der Waals surface area contributed by atoms with E-state index in [4.69, 9.17) is 9.84 Å². The maximum absolute atomic E-state index is 13.1. The molecule has 1 aromatic carbocycles. The topological polar surface area (TPSA) is 97.2 Å². The summed E-state index contributed by atoms with van der Waals surface area (Å²) < 4.78 is 5.48. The Morgan fingerprint density at radius 1 is 1.24 bits per heavy atom. The number of pyridine rings is 1. The van der Waals surface area contributed by atoms with Gasteiger partial charge in [-0.2, -0.15) is 0 Å². The van der Waals surface area contributed by atoms with Crippen LogP contribution in [0.15, 0.2) is 60.3 Å². The molecule has 172 valence electrons. The standard InChI is InChI=1S/C25H28N4O3S/c1-4-18(16-30)10-6-5-7-13-23-28-29-25(33-23)27-24(31)21-15-26-17(2)14-20(21)19-11-8-9-12-22(19)32-3/h4,6,8-12,14-15,30H,5,7,13,16H2,1-3H3,(H,27,29,31)/b10-6-,18-4+. The molecule has 0 aliphatic heterocycles. The highest BCUT2D eigenvalue weighted by Crippen LogP contribution is 2.33. The van der Waals surface area contributed by atoms with Gasteiger partial charge in [-0.3, -0.25) is 15.1 Å². The van der Waals surface area contributed by atoms with Crippen LogP contribution >= 0.6 is 11.3 Å². The number of carbonyl (C=O) groups excluding carboxylic acids is 1. The number of nitrogens with one attached hydrogen (secondary N) is 1. The van der Waals surface area contributed by atoms with Crippen LogP contribution < -0.4 is 10.1 Å². The SMILES string of the molecule is C/C=C(\C=C/CCCc1nnc(NC(=O)c2cnc(C)cc2-c2ccccc2OC)s1)CO. The van der Waals surface area contributed by atoms with E-state index in [1.807, 2.05) is 62.4 Å². The Bertz CT molecular complexity index is 1150. The molecule has 0 fully saturated rings. The highest BCUT2D eigenvalue weighted by Gasteiger charge is 2.18. The van der Waals surface area contributed by atoms with Crippen LogP contribution in [-0.2, 0) is 6.42 Å². The summed E-state index contributed by atoms with van der Waals surface area (Å²) in [4.78, 5) is 17.4. The lowest BCUT2D eigenvalue weighted by Crippen LogP contribution is -2.14. The van der Waals surface area contributed by atoms with Crippen LogP contribution in [0.5, 0.6) is 5.75 Å². The van der Waals surface area contributed by atoms with E-state index in [9.17, 15) is 4.79 Å². The zero-order chi connectivity index (χ0) is 23.6. The van der Waals surface area contributed by atoms with E-state index in [1.165, 1.54) is 11.3 Å². The highest BCUT2D eigenvalue weighted by atomic mass is 32.1. The number of para-hydroxylation sites is 1. The van der Waals surface area contributed by atoms with Crippen LogP contribution in [0.3, 0.4) is 0 Å². The van der Waals surface area contributed by atoms with Crippen molar-refractivity contribution in [2.45, 2.75) is 33.1 Å². The molecule has 1 amide bonds. The quantitative estimate of drug-likeness (QED) is 0.324. The largest absolute Gasteiger partial charge is 0.496 e. The van der Waals surface area contributed by atoms with Gasteiger partial charge in [-0.25, -0.2) is 0 Å². The van der Waals surface area contributed by atoms with Crippen molar-refractivity contribution in [2.24, 2.45) is 0 Å². The second-order valence-corrected chi connectivity index (χ2v) is 8.41. The molecule has 3 aromatic rings. The summed E-state index contributed by atoms with van der Waals surface area (Å²) >= 11 is 1.37. The summed E-state index contributed by atoms with van der Waals surface area (Å²) in [7, 11) is 1.61. The zero-order valence-electron chi connectivity index (χ0n) is 19.0. The number of amides is 1. The van der Waals surface area contributed by atoms with E-state index < -0.39 is 0 Å². The zero-order valence-corrected chi connectivity index (χ0v) is 19.9. The lowest BCUT2D eigenvalue weighted by molar-refractivity contribution is 0.102. The molecule has 0 saturated carbocycles. The second-order valence-electron chi connectivity index (χ2n) is 7.34. The minimum atomic E-state index is -0.295. The van der Waals surface area contributed by atoms with Crippen LogP contribution in [0.25, 0.3) is 11.1 Å². The van der Waals surface area contributed by atoms with Crippen molar-refractivity contribution in [3.05, 3.63) is 76.6 Å². The van der Waals surface area contributed by atoms with E-state index in [-0.39, 0.29) is 12.5 Å². The van der Waals surface area contributed by atoms with Crippen LogP contribution in [0.4, 0.5) is 5.13 Å². The number of methoxy groups -OCH3 is 1. The number of hydrogen-bond donors (Lipinski definition) is 2. The van der Waals surface area contributed by atoms with Gasteiger partial charge in [-0.05, 0) is 44.4 Å². The molecule has 0 spiro atoms. The Labute approximate surface area is 197 Å². The van der Waals surface area contributed by atoms with Crippen molar-refractivity contribution in [1.29, 1.82) is 0 Å². The van der Waals surface area contributed by atoms with Crippen molar-refractivity contribution >= 4 is 22.4 Å². The van der Waals surface area contributed by atoms with Crippen molar-refractivity contribution in [3.8, 4) is 16.9 Å². The maximum atomic E-state index is 13.1. The molecular formula is C25H28N4O3S. The van der Waals surface area contributed by atoms with Crippen LogP contribution in [0.2, 0.25) is 0 Å².